The molecular formula is C21H20ClN3O3. The van der Waals surface area contributed by atoms with Crippen LogP contribution in [0.3, 0.4) is 0 Å². The van der Waals surface area contributed by atoms with E-state index in [1.54, 1.807) is 49.6 Å². The Morgan fingerprint density at radius 3 is 2.54 bits per heavy atom. The molecule has 0 atom stereocenters. The van der Waals surface area contributed by atoms with Crippen LogP contribution in [-0.4, -0.2) is 24.6 Å². The summed E-state index contributed by atoms with van der Waals surface area (Å²) in [6.45, 7) is 2.52. The minimum absolute atomic E-state index is 0.247. The van der Waals surface area contributed by atoms with E-state index < -0.39 is 0 Å². The highest BCUT2D eigenvalue weighted by atomic mass is 35.5. The summed E-state index contributed by atoms with van der Waals surface area (Å²) in [5.74, 6) is 1.72. The van der Waals surface area contributed by atoms with Crippen LogP contribution in [0.1, 0.15) is 17.3 Å². The molecule has 0 aliphatic rings. The van der Waals surface area contributed by atoms with Gasteiger partial charge in [0.25, 0.3) is 5.91 Å². The molecule has 28 heavy (non-hydrogen) atoms. The third kappa shape index (κ3) is 4.92. The number of halogens is 1. The lowest BCUT2D eigenvalue weighted by Gasteiger charge is -2.11. The number of benzene rings is 2. The van der Waals surface area contributed by atoms with Crippen molar-refractivity contribution in [2.45, 2.75) is 6.92 Å². The van der Waals surface area contributed by atoms with Gasteiger partial charge < -0.3 is 20.1 Å². The van der Waals surface area contributed by atoms with Crippen molar-refractivity contribution in [3.8, 4) is 11.5 Å². The number of pyridine rings is 1. The van der Waals surface area contributed by atoms with Crippen LogP contribution in [0.2, 0.25) is 5.02 Å². The summed E-state index contributed by atoms with van der Waals surface area (Å²) in [7, 11) is 1.58. The Kier molecular flexibility index (Phi) is 6.34. The number of hydrogen-bond donors (Lipinski definition) is 2. The van der Waals surface area contributed by atoms with E-state index in [2.05, 4.69) is 15.6 Å². The van der Waals surface area contributed by atoms with E-state index >= 15 is 0 Å². The highest BCUT2D eigenvalue weighted by Gasteiger charge is 2.09. The highest BCUT2D eigenvalue weighted by Crippen LogP contribution is 2.30. The number of aromatic nitrogens is 1. The molecule has 3 aromatic rings. The number of ether oxygens (including phenoxy) is 2. The fraction of sp³-hybridized carbons (Fsp3) is 0.143. The van der Waals surface area contributed by atoms with E-state index in [-0.39, 0.29) is 5.91 Å². The molecule has 0 fully saturated rings. The van der Waals surface area contributed by atoms with Crippen LogP contribution in [0.4, 0.5) is 17.2 Å². The second-order valence-electron chi connectivity index (χ2n) is 5.81. The van der Waals surface area contributed by atoms with Gasteiger partial charge in [-0.15, -0.1) is 0 Å². The van der Waals surface area contributed by atoms with E-state index in [0.29, 0.717) is 40.1 Å². The lowest BCUT2D eigenvalue weighted by atomic mass is 10.2. The Balaban J connectivity index is 1.66. The topological polar surface area (TPSA) is 72.5 Å². The molecule has 2 aromatic carbocycles. The number of hydrogen-bond acceptors (Lipinski definition) is 5. The first kappa shape index (κ1) is 19.5. The van der Waals surface area contributed by atoms with Crippen molar-refractivity contribution in [1.29, 1.82) is 0 Å². The van der Waals surface area contributed by atoms with E-state index in [1.807, 2.05) is 19.1 Å². The Labute approximate surface area is 168 Å². The zero-order valence-electron chi connectivity index (χ0n) is 15.5. The molecule has 0 aliphatic heterocycles. The fourth-order valence-electron chi connectivity index (χ4n) is 2.52. The fourth-order valence-corrected chi connectivity index (χ4v) is 2.69. The summed E-state index contributed by atoms with van der Waals surface area (Å²) in [6, 6.07) is 15.9. The van der Waals surface area contributed by atoms with E-state index in [4.69, 9.17) is 21.1 Å². The zero-order chi connectivity index (χ0) is 19.9. The van der Waals surface area contributed by atoms with E-state index in [1.165, 1.54) is 6.20 Å². The van der Waals surface area contributed by atoms with E-state index in [9.17, 15) is 4.79 Å². The Bertz CT molecular complexity index is 944. The van der Waals surface area contributed by atoms with Crippen molar-refractivity contribution >= 4 is 34.7 Å². The van der Waals surface area contributed by atoms with Gasteiger partial charge in [-0.1, -0.05) is 11.6 Å². The van der Waals surface area contributed by atoms with Gasteiger partial charge >= 0.3 is 0 Å². The number of nitrogens with zero attached hydrogens (tertiary/aromatic N) is 1. The van der Waals surface area contributed by atoms with Crippen LogP contribution in [0, 0.1) is 0 Å². The predicted molar refractivity (Wildman–Crippen MR) is 111 cm³/mol. The molecule has 3 rings (SSSR count). The molecule has 1 amide bonds. The molecule has 144 valence electrons. The van der Waals surface area contributed by atoms with Gasteiger partial charge in [0.05, 0.1) is 25.0 Å². The van der Waals surface area contributed by atoms with Crippen LogP contribution < -0.4 is 20.1 Å². The second-order valence-corrected chi connectivity index (χ2v) is 6.25. The number of methoxy groups -OCH3 is 1. The van der Waals surface area contributed by atoms with Gasteiger partial charge in [-0.25, -0.2) is 4.98 Å². The highest BCUT2D eigenvalue weighted by molar-refractivity contribution is 6.31. The quantitative estimate of drug-likeness (QED) is 0.577. The maximum absolute atomic E-state index is 12.4. The standard InChI is InChI=1S/C21H20ClN3O3/c1-3-28-17-8-6-16(7-9-17)24-21(26)14-4-11-20(23-13-14)25-18-12-15(22)5-10-19(18)27-2/h4-13H,3H2,1-2H3,(H,23,25)(H,24,26). The lowest BCUT2D eigenvalue weighted by molar-refractivity contribution is 0.102. The summed E-state index contributed by atoms with van der Waals surface area (Å²) < 4.78 is 10.7. The predicted octanol–water partition coefficient (Wildman–Crippen LogP) is 5.14. The van der Waals surface area contributed by atoms with Crippen molar-refractivity contribution in [2.75, 3.05) is 24.4 Å². The number of carbonyl (C=O) groups is 1. The molecule has 0 unspecified atom stereocenters. The Morgan fingerprint density at radius 1 is 1.11 bits per heavy atom. The van der Waals surface area contributed by atoms with Crippen molar-refractivity contribution in [2.24, 2.45) is 0 Å². The van der Waals surface area contributed by atoms with Gasteiger partial charge in [0.1, 0.15) is 17.3 Å². The number of amides is 1. The van der Waals surface area contributed by atoms with Crippen molar-refractivity contribution in [3.63, 3.8) is 0 Å². The Morgan fingerprint density at radius 2 is 1.89 bits per heavy atom. The largest absolute Gasteiger partial charge is 0.495 e. The molecule has 7 heteroatoms. The first-order valence-electron chi connectivity index (χ1n) is 8.70. The molecule has 0 aliphatic carbocycles. The molecule has 1 aromatic heterocycles. The summed E-state index contributed by atoms with van der Waals surface area (Å²) in [5.41, 5.74) is 1.81. The minimum Gasteiger partial charge on any atom is -0.495 e. The van der Waals surface area contributed by atoms with Gasteiger partial charge in [0.15, 0.2) is 0 Å². The first-order valence-corrected chi connectivity index (χ1v) is 9.07. The van der Waals surface area contributed by atoms with Crippen LogP contribution in [-0.2, 0) is 0 Å². The number of carbonyl (C=O) groups excluding carboxylic acids is 1. The van der Waals surface area contributed by atoms with Gasteiger partial charge in [0.2, 0.25) is 0 Å². The van der Waals surface area contributed by atoms with Crippen LogP contribution in [0.15, 0.2) is 60.8 Å². The molecule has 6 nitrogen and oxygen atoms in total. The molecule has 1 heterocycles. The summed E-state index contributed by atoms with van der Waals surface area (Å²) in [6.07, 6.45) is 1.50. The summed E-state index contributed by atoms with van der Waals surface area (Å²) in [4.78, 5) is 16.7. The zero-order valence-corrected chi connectivity index (χ0v) is 16.3. The maximum Gasteiger partial charge on any atom is 0.257 e. The van der Waals surface area contributed by atoms with Gasteiger partial charge in [0, 0.05) is 16.9 Å². The smallest absolute Gasteiger partial charge is 0.257 e. The maximum atomic E-state index is 12.4. The second kappa shape index (κ2) is 9.10. The molecule has 2 N–H and O–H groups in total. The van der Waals surface area contributed by atoms with Crippen LogP contribution in [0.25, 0.3) is 0 Å². The number of anilines is 3. The average molecular weight is 398 g/mol. The number of nitrogens with one attached hydrogen (secondary N) is 2. The molecule has 0 bridgehead atoms. The van der Waals surface area contributed by atoms with Crippen LogP contribution in [0.5, 0.6) is 11.5 Å². The third-order valence-corrected chi connectivity index (χ3v) is 4.11. The van der Waals surface area contributed by atoms with Crippen molar-refractivity contribution in [3.05, 3.63) is 71.4 Å². The number of rotatable bonds is 7. The molecule has 0 saturated heterocycles. The lowest BCUT2D eigenvalue weighted by Crippen LogP contribution is -2.12. The third-order valence-electron chi connectivity index (χ3n) is 3.87. The van der Waals surface area contributed by atoms with Gasteiger partial charge in [-0.2, -0.15) is 0 Å². The van der Waals surface area contributed by atoms with Crippen molar-refractivity contribution in [1.82, 2.24) is 4.98 Å². The van der Waals surface area contributed by atoms with Gasteiger partial charge in [-0.3, -0.25) is 4.79 Å². The average Bonchev–Trinajstić information content (AvgIpc) is 2.70. The molecular weight excluding hydrogens is 378 g/mol. The van der Waals surface area contributed by atoms with Gasteiger partial charge in [-0.05, 0) is 61.5 Å². The molecule has 0 spiro atoms. The monoisotopic (exact) mass is 397 g/mol. The first-order chi connectivity index (χ1) is 13.6. The van der Waals surface area contributed by atoms with Crippen molar-refractivity contribution < 1.29 is 14.3 Å². The SMILES string of the molecule is CCOc1ccc(NC(=O)c2ccc(Nc3cc(Cl)ccc3OC)nc2)cc1. The normalized spacial score (nSPS) is 10.2. The molecule has 0 radical (unpaired) electrons. The van der Waals surface area contributed by atoms with Crippen LogP contribution >= 0.6 is 11.6 Å². The Hall–Kier alpha value is -3.25. The summed E-state index contributed by atoms with van der Waals surface area (Å²) in [5, 5.41) is 6.54. The summed E-state index contributed by atoms with van der Waals surface area (Å²) >= 11 is 6.03. The minimum atomic E-state index is -0.247. The van der Waals surface area contributed by atoms with E-state index in [0.717, 1.165) is 5.75 Å². The molecule has 0 saturated carbocycles.